The molecule has 0 bridgehead atoms. The van der Waals surface area contributed by atoms with Gasteiger partial charge in [0.15, 0.2) is 5.03 Å². The molecule has 106 valence electrons. The molecule has 0 spiro atoms. The number of nitrogens with two attached hydrogens (primary N) is 1. The molecular formula is C13H21N3O2S. The Kier molecular flexibility index (Phi) is 4.23. The van der Waals surface area contributed by atoms with Crippen LogP contribution in [0.2, 0.25) is 0 Å². The quantitative estimate of drug-likeness (QED) is 0.792. The maximum Gasteiger partial charge on any atom is 0.258 e. The van der Waals surface area contributed by atoms with E-state index in [0.717, 1.165) is 31.2 Å². The summed E-state index contributed by atoms with van der Waals surface area (Å²) in [5.41, 5.74) is 6.48. The van der Waals surface area contributed by atoms with E-state index in [0.29, 0.717) is 13.1 Å². The standard InChI is InChI=1S/C13H21N3O2S/c1-2-5-13(6-7-13)10-16-19(17,18)12-4-3-11(8-14)9-15-12/h3-4,9,16H,2,5-8,10,14H2,1H3. The van der Waals surface area contributed by atoms with Crippen molar-refractivity contribution in [2.75, 3.05) is 6.54 Å². The number of nitrogens with one attached hydrogen (secondary N) is 1. The van der Waals surface area contributed by atoms with Gasteiger partial charge in [-0.25, -0.2) is 18.1 Å². The SMILES string of the molecule is CCCC1(CNS(=O)(=O)c2ccc(CN)cn2)CC1. The highest BCUT2D eigenvalue weighted by molar-refractivity contribution is 7.89. The van der Waals surface area contributed by atoms with Gasteiger partial charge in [0.05, 0.1) is 0 Å². The van der Waals surface area contributed by atoms with Crippen molar-refractivity contribution in [2.45, 2.75) is 44.2 Å². The van der Waals surface area contributed by atoms with E-state index < -0.39 is 10.0 Å². The first-order valence-electron chi connectivity index (χ1n) is 6.66. The van der Waals surface area contributed by atoms with Gasteiger partial charge in [-0.3, -0.25) is 0 Å². The van der Waals surface area contributed by atoms with Crippen molar-refractivity contribution in [3.05, 3.63) is 23.9 Å². The topological polar surface area (TPSA) is 85.1 Å². The highest BCUT2D eigenvalue weighted by Gasteiger charge is 2.42. The minimum Gasteiger partial charge on any atom is -0.326 e. The summed E-state index contributed by atoms with van der Waals surface area (Å²) < 4.78 is 26.9. The number of nitrogens with zero attached hydrogens (tertiary/aromatic N) is 1. The molecule has 0 amide bonds. The number of hydrogen-bond acceptors (Lipinski definition) is 4. The molecule has 0 atom stereocenters. The smallest absolute Gasteiger partial charge is 0.258 e. The predicted molar refractivity (Wildman–Crippen MR) is 73.9 cm³/mol. The molecule has 0 aliphatic heterocycles. The first-order valence-corrected chi connectivity index (χ1v) is 8.14. The highest BCUT2D eigenvalue weighted by Crippen LogP contribution is 2.49. The number of aromatic nitrogens is 1. The average Bonchev–Trinajstić information content (AvgIpc) is 3.18. The molecule has 0 unspecified atom stereocenters. The monoisotopic (exact) mass is 283 g/mol. The van der Waals surface area contributed by atoms with Crippen LogP contribution in [0.5, 0.6) is 0 Å². The molecule has 1 aromatic rings. The largest absolute Gasteiger partial charge is 0.326 e. The fraction of sp³-hybridized carbons (Fsp3) is 0.615. The van der Waals surface area contributed by atoms with E-state index in [-0.39, 0.29) is 10.4 Å². The van der Waals surface area contributed by atoms with E-state index in [1.165, 1.54) is 12.3 Å². The van der Waals surface area contributed by atoms with Crippen LogP contribution in [0.1, 0.15) is 38.2 Å². The molecule has 19 heavy (non-hydrogen) atoms. The van der Waals surface area contributed by atoms with Crippen LogP contribution in [-0.4, -0.2) is 19.9 Å². The predicted octanol–water partition coefficient (Wildman–Crippen LogP) is 1.40. The zero-order valence-electron chi connectivity index (χ0n) is 11.2. The fourth-order valence-electron chi connectivity index (χ4n) is 2.23. The van der Waals surface area contributed by atoms with Gasteiger partial charge in [0.25, 0.3) is 10.0 Å². The summed E-state index contributed by atoms with van der Waals surface area (Å²) in [6.45, 7) is 3.01. The third-order valence-corrected chi connectivity index (χ3v) is 5.00. The third-order valence-electron chi connectivity index (χ3n) is 3.68. The molecule has 0 radical (unpaired) electrons. The molecular weight excluding hydrogens is 262 g/mol. The van der Waals surface area contributed by atoms with E-state index >= 15 is 0 Å². The van der Waals surface area contributed by atoms with Crippen molar-refractivity contribution in [1.29, 1.82) is 0 Å². The second kappa shape index (κ2) is 5.56. The van der Waals surface area contributed by atoms with Gasteiger partial charge in [-0.1, -0.05) is 19.4 Å². The van der Waals surface area contributed by atoms with Crippen molar-refractivity contribution in [1.82, 2.24) is 9.71 Å². The number of rotatable bonds is 7. The van der Waals surface area contributed by atoms with Crippen LogP contribution >= 0.6 is 0 Å². The Hall–Kier alpha value is -0.980. The molecule has 1 aliphatic carbocycles. The van der Waals surface area contributed by atoms with E-state index in [2.05, 4.69) is 16.6 Å². The van der Waals surface area contributed by atoms with Gasteiger partial charge >= 0.3 is 0 Å². The lowest BCUT2D eigenvalue weighted by Gasteiger charge is -2.14. The molecule has 1 aromatic heterocycles. The van der Waals surface area contributed by atoms with Crippen molar-refractivity contribution in [2.24, 2.45) is 11.1 Å². The minimum absolute atomic E-state index is 0.0667. The number of pyridine rings is 1. The Bertz CT molecular complexity index is 521. The average molecular weight is 283 g/mol. The number of hydrogen-bond donors (Lipinski definition) is 2. The van der Waals surface area contributed by atoms with Crippen molar-refractivity contribution < 1.29 is 8.42 Å². The number of sulfonamides is 1. The first kappa shape index (κ1) is 14.4. The van der Waals surface area contributed by atoms with Crippen LogP contribution in [0.4, 0.5) is 0 Å². The summed E-state index contributed by atoms with van der Waals surface area (Å²) in [6.07, 6.45) is 5.90. The first-order chi connectivity index (χ1) is 9.01. The Morgan fingerprint density at radius 1 is 1.42 bits per heavy atom. The molecule has 5 nitrogen and oxygen atoms in total. The van der Waals surface area contributed by atoms with E-state index in [1.807, 2.05) is 0 Å². The van der Waals surface area contributed by atoms with Crippen LogP contribution in [-0.2, 0) is 16.6 Å². The van der Waals surface area contributed by atoms with Crippen LogP contribution in [0, 0.1) is 5.41 Å². The van der Waals surface area contributed by atoms with Crippen molar-refractivity contribution >= 4 is 10.0 Å². The molecule has 0 saturated heterocycles. The molecule has 6 heteroatoms. The molecule has 0 aromatic carbocycles. The maximum atomic E-state index is 12.1. The lowest BCUT2D eigenvalue weighted by Crippen LogP contribution is -2.30. The van der Waals surface area contributed by atoms with E-state index in [4.69, 9.17) is 5.73 Å². The molecule has 3 N–H and O–H groups in total. The van der Waals surface area contributed by atoms with Gasteiger partial charge in [-0.2, -0.15) is 0 Å². The van der Waals surface area contributed by atoms with Gasteiger partial charge in [0.2, 0.25) is 0 Å². The Morgan fingerprint density at radius 3 is 2.63 bits per heavy atom. The lowest BCUT2D eigenvalue weighted by atomic mass is 10.0. The molecule has 2 rings (SSSR count). The van der Waals surface area contributed by atoms with E-state index in [1.54, 1.807) is 6.07 Å². The van der Waals surface area contributed by atoms with Gasteiger partial charge in [0.1, 0.15) is 0 Å². The Morgan fingerprint density at radius 2 is 2.16 bits per heavy atom. The van der Waals surface area contributed by atoms with Crippen LogP contribution in [0.3, 0.4) is 0 Å². The van der Waals surface area contributed by atoms with E-state index in [9.17, 15) is 8.42 Å². The zero-order chi connectivity index (χ0) is 13.9. The summed E-state index contributed by atoms with van der Waals surface area (Å²) in [7, 11) is -3.50. The summed E-state index contributed by atoms with van der Waals surface area (Å²) in [5, 5.41) is 0.0667. The van der Waals surface area contributed by atoms with Gasteiger partial charge < -0.3 is 5.73 Å². The maximum absolute atomic E-state index is 12.1. The molecule has 1 saturated carbocycles. The van der Waals surface area contributed by atoms with Crippen molar-refractivity contribution in [3.8, 4) is 0 Å². The van der Waals surface area contributed by atoms with Crippen LogP contribution < -0.4 is 10.5 Å². The molecule has 1 heterocycles. The van der Waals surface area contributed by atoms with Gasteiger partial charge in [-0.05, 0) is 36.3 Å². The highest BCUT2D eigenvalue weighted by atomic mass is 32.2. The van der Waals surface area contributed by atoms with Crippen molar-refractivity contribution in [3.63, 3.8) is 0 Å². The third kappa shape index (κ3) is 3.52. The minimum atomic E-state index is -3.50. The second-order valence-electron chi connectivity index (χ2n) is 5.28. The van der Waals surface area contributed by atoms with Crippen LogP contribution in [0.15, 0.2) is 23.4 Å². The normalized spacial score (nSPS) is 17.4. The zero-order valence-corrected chi connectivity index (χ0v) is 12.0. The lowest BCUT2D eigenvalue weighted by molar-refractivity contribution is 0.449. The second-order valence-corrected chi connectivity index (χ2v) is 7.00. The Balaban J connectivity index is 2.01. The fourth-order valence-corrected chi connectivity index (χ4v) is 3.32. The Labute approximate surface area is 114 Å². The molecule has 1 aliphatic rings. The van der Waals surface area contributed by atoms with Gasteiger partial charge in [-0.15, -0.1) is 0 Å². The summed E-state index contributed by atoms with van der Waals surface area (Å²) in [4.78, 5) is 3.96. The van der Waals surface area contributed by atoms with Gasteiger partial charge in [0, 0.05) is 19.3 Å². The summed E-state index contributed by atoms with van der Waals surface area (Å²) in [6, 6.07) is 3.20. The van der Waals surface area contributed by atoms with Crippen LogP contribution in [0.25, 0.3) is 0 Å². The summed E-state index contributed by atoms with van der Waals surface area (Å²) >= 11 is 0. The summed E-state index contributed by atoms with van der Waals surface area (Å²) in [5.74, 6) is 0. The molecule has 1 fully saturated rings.